The van der Waals surface area contributed by atoms with Crippen LogP contribution < -0.4 is 0 Å². The SMILES string of the molecule is C#Cc1ccc(F)cc1.O=S(=O)(/C=C\c1ccc(F)cc1)Cc1ccccc1Cl. The van der Waals surface area contributed by atoms with Crippen LogP contribution in [-0.4, -0.2) is 8.42 Å². The third-order valence-electron chi connectivity index (χ3n) is 3.66. The van der Waals surface area contributed by atoms with Crippen molar-refractivity contribution in [2.75, 3.05) is 0 Å². The van der Waals surface area contributed by atoms with Gasteiger partial charge in [-0.2, -0.15) is 0 Å². The Hall–Kier alpha value is -2.94. The number of hydrogen-bond donors (Lipinski definition) is 0. The van der Waals surface area contributed by atoms with Gasteiger partial charge in [-0.3, -0.25) is 0 Å². The monoisotopic (exact) mass is 430 g/mol. The lowest BCUT2D eigenvalue weighted by Crippen LogP contribution is -2.00. The molecule has 0 unspecified atom stereocenters. The number of rotatable bonds is 4. The Morgan fingerprint density at radius 3 is 2.00 bits per heavy atom. The lowest BCUT2D eigenvalue weighted by Gasteiger charge is -2.02. The number of terminal acetylenes is 1. The van der Waals surface area contributed by atoms with Crippen molar-refractivity contribution in [2.24, 2.45) is 0 Å². The maximum Gasteiger partial charge on any atom is 0.175 e. The van der Waals surface area contributed by atoms with E-state index in [0.29, 0.717) is 21.7 Å². The van der Waals surface area contributed by atoms with Gasteiger partial charge in [-0.15, -0.1) is 6.42 Å². The van der Waals surface area contributed by atoms with Gasteiger partial charge in [0.15, 0.2) is 9.84 Å². The van der Waals surface area contributed by atoms with Gasteiger partial charge in [0, 0.05) is 16.0 Å². The third-order valence-corrected chi connectivity index (χ3v) is 5.30. The van der Waals surface area contributed by atoms with Crippen molar-refractivity contribution in [3.05, 3.63) is 112 Å². The Kier molecular flexibility index (Phi) is 8.14. The van der Waals surface area contributed by atoms with Gasteiger partial charge in [-0.1, -0.05) is 47.9 Å². The molecule has 3 aromatic rings. The van der Waals surface area contributed by atoms with Crippen molar-refractivity contribution in [3.63, 3.8) is 0 Å². The highest BCUT2D eigenvalue weighted by molar-refractivity contribution is 7.93. The minimum atomic E-state index is -3.42. The molecule has 0 N–H and O–H groups in total. The summed E-state index contributed by atoms with van der Waals surface area (Å²) in [5, 5.41) is 1.54. The quantitative estimate of drug-likeness (QED) is 0.485. The van der Waals surface area contributed by atoms with E-state index >= 15 is 0 Å². The maximum atomic E-state index is 12.7. The first kappa shape index (κ1) is 22.4. The Morgan fingerprint density at radius 1 is 0.897 bits per heavy atom. The van der Waals surface area contributed by atoms with Crippen LogP contribution in [0.5, 0.6) is 0 Å². The van der Waals surface area contributed by atoms with Gasteiger partial charge < -0.3 is 0 Å². The fraction of sp³-hybridized carbons (Fsp3) is 0.0435. The first-order chi connectivity index (χ1) is 13.8. The lowest BCUT2D eigenvalue weighted by atomic mass is 10.2. The second-order valence-corrected chi connectivity index (χ2v) is 8.20. The predicted octanol–water partition coefficient (Wildman–Crippen LogP) is 5.87. The summed E-state index contributed by atoms with van der Waals surface area (Å²) in [5.41, 5.74) is 1.88. The molecule has 0 fully saturated rings. The van der Waals surface area contributed by atoms with Crippen molar-refractivity contribution in [3.8, 4) is 12.3 Å². The summed E-state index contributed by atoms with van der Waals surface area (Å²) < 4.78 is 48.8. The van der Waals surface area contributed by atoms with Gasteiger partial charge in [0.25, 0.3) is 0 Å². The molecule has 0 heterocycles. The molecule has 0 amide bonds. The van der Waals surface area contributed by atoms with Crippen LogP contribution in [0.3, 0.4) is 0 Å². The highest BCUT2D eigenvalue weighted by Crippen LogP contribution is 2.19. The molecule has 0 saturated heterocycles. The van der Waals surface area contributed by atoms with E-state index in [2.05, 4.69) is 5.92 Å². The molecule has 0 spiro atoms. The van der Waals surface area contributed by atoms with Crippen molar-refractivity contribution in [1.29, 1.82) is 0 Å². The molecular formula is C23H17ClF2O2S. The topological polar surface area (TPSA) is 34.1 Å². The van der Waals surface area contributed by atoms with E-state index in [9.17, 15) is 17.2 Å². The van der Waals surface area contributed by atoms with Crippen molar-refractivity contribution < 1.29 is 17.2 Å². The van der Waals surface area contributed by atoms with E-state index in [4.69, 9.17) is 18.0 Å². The second kappa shape index (κ2) is 10.6. The van der Waals surface area contributed by atoms with Crippen LogP contribution in [0.25, 0.3) is 6.08 Å². The highest BCUT2D eigenvalue weighted by Gasteiger charge is 2.10. The van der Waals surface area contributed by atoms with Gasteiger partial charge in [0.2, 0.25) is 0 Å². The Labute approximate surface area is 174 Å². The highest BCUT2D eigenvalue weighted by atomic mass is 35.5. The lowest BCUT2D eigenvalue weighted by molar-refractivity contribution is 0.604. The van der Waals surface area contributed by atoms with E-state index in [1.54, 1.807) is 36.4 Å². The summed E-state index contributed by atoms with van der Waals surface area (Å²) in [4.78, 5) is 0. The van der Waals surface area contributed by atoms with Gasteiger partial charge in [0.1, 0.15) is 11.6 Å². The molecule has 0 aromatic heterocycles. The molecule has 0 aliphatic carbocycles. The van der Waals surface area contributed by atoms with E-state index < -0.39 is 9.84 Å². The first-order valence-corrected chi connectivity index (χ1v) is 10.5. The predicted molar refractivity (Wildman–Crippen MR) is 114 cm³/mol. The summed E-state index contributed by atoms with van der Waals surface area (Å²) in [7, 11) is -3.42. The van der Waals surface area contributed by atoms with Gasteiger partial charge in [-0.25, -0.2) is 17.2 Å². The average Bonchev–Trinajstić information content (AvgIpc) is 2.70. The molecular weight excluding hydrogens is 414 g/mol. The van der Waals surface area contributed by atoms with E-state index in [0.717, 1.165) is 5.41 Å². The largest absolute Gasteiger partial charge is 0.224 e. The van der Waals surface area contributed by atoms with Crippen LogP contribution in [0.15, 0.2) is 78.2 Å². The molecule has 3 rings (SSSR count). The summed E-state index contributed by atoms with van der Waals surface area (Å²) in [5.74, 6) is 1.61. The fourth-order valence-electron chi connectivity index (χ4n) is 2.18. The molecule has 0 aliphatic heterocycles. The van der Waals surface area contributed by atoms with Crippen molar-refractivity contribution in [2.45, 2.75) is 5.75 Å². The second-order valence-electron chi connectivity index (χ2n) is 5.90. The molecule has 0 radical (unpaired) electrons. The number of benzene rings is 3. The Bertz CT molecular complexity index is 1110. The zero-order chi connectivity index (χ0) is 21.3. The minimum absolute atomic E-state index is 0.162. The van der Waals surface area contributed by atoms with Crippen LogP contribution in [0.2, 0.25) is 5.02 Å². The van der Waals surface area contributed by atoms with Crippen molar-refractivity contribution >= 4 is 27.5 Å². The molecule has 2 nitrogen and oxygen atoms in total. The standard InChI is InChI=1S/C15H12ClFO2S.C8H5F/c16-15-4-2-1-3-13(15)11-20(18,19)10-9-12-5-7-14(17)8-6-12;1-2-7-3-5-8(9)6-4-7/h1-10H,11H2;1,3-6H/b10-9-;. The smallest absolute Gasteiger partial charge is 0.175 e. The first-order valence-electron chi connectivity index (χ1n) is 8.41. The normalized spacial score (nSPS) is 10.8. The van der Waals surface area contributed by atoms with E-state index in [1.807, 2.05) is 0 Å². The van der Waals surface area contributed by atoms with Crippen LogP contribution in [0.4, 0.5) is 8.78 Å². The Balaban J connectivity index is 0.000000278. The molecule has 0 atom stereocenters. The van der Waals surface area contributed by atoms with Crippen LogP contribution >= 0.6 is 11.6 Å². The zero-order valence-corrected chi connectivity index (χ0v) is 16.8. The van der Waals surface area contributed by atoms with Gasteiger partial charge >= 0.3 is 0 Å². The summed E-state index contributed by atoms with van der Waals surface area (Å²) in [6.07, 6.45) is 6.46. The maximum absolute atomic E-state index is 12.7. The molecule has 0 bridgehead atoms. The fourth-order valence-corrected chi connectivity index (χ4v) is 3.61. The molecule has 29 heavy (non-hydrogen) atoms. The number of hydrogen-bond acceptors (Lipinski definition) is 2. The molecule has 6 heteroatoms. The van der Waals surface area contributed by atoms with Crippen LogP contribution in [0, 0.1) is 24.0 Å². The third kappa shape index (κ3) is 7.90. The molecule has 0 saturated carbocycles. The molecule has 3 aromatic carbocycles. The summed E-state index contributed by atoms with van der Waals surface area (Å²) >= 11 is 5.93. The summed E-state index contributed by atoms with van der Waals surface area (Å²) in [6, 6.07) is 18.2. The Morgan fingerprint density at radius 2 is 1.45 bits per heavy atom. The summed E-state index contributed by atoms with van der Waals surface area (Å²) in [6.45, 7) is 0. The molecule has 0 aliphatic rings. The minimum Gasteiger partial charge on any atom is -0.224 e. The van der Waals surface area contributed by atoms with Gasteiger partial charge in [-0.05, 0) is 59.7 Å². The number of halogens is 3. The number of sulfone groups is 1. The average molecular weight is 431 g/mol. The van der Waals surface area contributed by atoms with E-state index in [-0.39, 0.29) is 17.4 Å². The molecule has 148 valence electrons. The van der Waals surface area contributed by atoms with Crippen LogP contribution in [-0.2, 0) is 15.6 Å². The van der Waals surface area contributed by atoms with Crippen LogP contribution in [0.1, 0.15) is 16.7 Å². The van der Waals surface area contributed by atoms with Gasteiger partial charge in [0.05, 0.1) is 5.75 Å². The zero-order valence-electron chi connectivity index (χ0n) is 15.2. The van der Waals surface area contributed by atoms with E-state index in [1.165, 1.54) is 42.5 Å². The van der Waals surface area contributed by atoms with Crippen molar-refractivity contribution in [1.82, 2.24) is 0 Å².